The molecule has 1 aromatic carbocycles. The second-order valence-corrected chi connectivity index (χ2v) is 5.67. The van der Waals surface area contributed by atoms with Gasteiger partial charge in [-0.1, -0.05) is 18.2 Å². The number of hydrazone groups is 1. The van der Waals surface area contributed by atoms with Crippen molar-refractivity contribution in [3.8, 4) is 0 Å². The summed E-state index contributed by atoms with van der Waals surface area (Å²) in [7, 11) is 0. The number of hydrogen-bond donors (Lipinski definition) is 2. The molecule has 3 rings (SSSR count). The maximum absolute atomic E-state index is 12.6. The van der Waals surface area contributed by atoms with Crippen LogP contribution in [-0.2, 0) is 14.3 Å². The molecule has 2 unspecified atom stereocenters. The van der Waals surface area contributed by atoms with Gasteiger partial charge in [0.25, 0.3) is 0 Å². The second kappa shape index (κ2) is 6.78. The van der Waals surface area contributed by atoms with E-state index in [1.807, 2.05) is 18.2 Å². The van der Waals surface area contributed by atoms with Crippen LogP contribution in [0.5, 0.6) is 0 Å². The summed E-state index contributed by atoms with van der Waals surface area (Å²) in [6, 6.07) is 8.45. The van der Waals surface area contributed by atoms with E-state index in [-0.39, 0.29) is 24.1 Å². The fraction of sp³-hybridized carbons (Fsp3) is 0.438. The molecule has 7 heteroatoms. The second-order valence-electron chi connectivity index (χ2n) is 5.67. The van der Waals surface area contributed by atoms with Crippen molar-refractivity contribution in [1.29, 1.82) is 0 Å². The lowest BCUT2D eigenvalue weighted by atomic mass is 10.1. The van der Waals surface area contributed by atoms with Crippen molar-refractivity contribution in [2.75, 3.05) is 18.2 Å². The zero-order valence-electron chi connectivity index (χ0n) is 12.6. The molecule has 1 saturated heterocycles. The molecular formula is C16H19N3O4. The van der Waals surface area contributed by atoms with Crippen molar-refractivity contribution in [2.45, 2.75) is 31.3 Å². The first-order valence-corrected chi connectivity index (χ1v) is 7.68. The Kier molecular flexibility index (Phi) is 4.57. The molecule has 0 spiro atoms. The highest BCUT2D eigenvalue weighted by Gasteiger charge is 2.37. The number of nitrogens with one attached hydrogen (secondary N) is 1. The Morgan fingerprint density at radius 3 is 2.74 bits per heavy atom. The largest absolute Gasteiger partial charge is 0.477 e. The van der Waals surface area contributed by atoms with Crippen molar-refractivity contribution in [3.05, 3.63) is 30.3 Å². The van der Waals surface area contributed by atoms with Crippen molar-refractivity contribution < 1.29 is 19.4 Å². The highest BCUT2D eigenvalue weighted by atomic mass is 16.5. The van der Waals surface area contributed by atoms with Crippen molar-refractivity contribution in [2.24, 2.45) is 5.10 Å². The smallest absolute Gasteiger partial charge is 0.352 e. The van der Waals surface area contributed by atoms with Gasteiger partial charge in [0.1, 0.15) is 11.8 Å². The van der Waals surface area contributed by atoms with E-state index in [2.05, 4.69) is 10.4 Å². The van der Waals surface area contributed by atoms with E-state index >= 15 is 0 Å². The number of aliphatic carboxylic acids is 1. The highest BCUT2D eigenvalue weighted by molar-refractivity contribution is 6.37. The summed E-state index contributed by atoms with van der Waals surface area (Å²) in [5.41, 5.74) is 0.692. The van der Waals surface area contributed by atoms with Gasteiger partial charge in [0, 0.05) is 13.0 Å². The maximum atomic E-state index is 12.6. The van der Waals surface area contributed by atoms with Crippen LogP contribution >= 0.6 is 0 Å². The molecule has 2 N–H and O–H groups in total. The lowest BCUT2D eigenvalue weighted by Gasteiger charge is -2.27. The summed E-state index contributed by atoms with van der Waals surface area (Å²) in [5.74, 6) is -1.31. The number of ether oxygens (including phenoxy) is 1. The van der Waals surface area contributed by atoms with Gasteiger partial charge in [-0.25, -0.2) is 4.79 Å². The molecule has 0 saturated carbocycles. The number of amides is 1. The van der Waals surface area contributed by atoms with Crippen LogP contribution in [0.15, 0.2) is 35.4 Å². The van der Waals surface area contributed by atoms with Crippen LogP contribution < -0.4 is 10.3 Å². The third-order valence-corrected chi connectivity index (χ3v) is 3.99. The summed E-state index contributed by atoms with van der Waals surface area (Å²) in [5, 5.41) is 17.7. The average molecular weight is 317 g/mol. The Labute approximate surface area is 133 Å². The number of rotatable bonds is 4. The molecule has 0 radical (unpaired) electrons. The van der Waals surface area contributed by atoms with E-state index in [1.165, 1.54) is 5.01 Å². The monoisotopic (exact) mass is 317 g/mol. The Morgan fingerprint density at radius 1 is 1.30 bits per heavy atom. The molecule has 0 aliphatic carbocycles. The number of carbonyl (C=O) groups is 2. The van der Waals surface area contributed by atoms with E-state index in [9.17, 15) is 14.7 Å². The summed E-state index contributed by atoms with van der Waals surface area (Å²) in [6.07, 6.45) is 1.87. The first-order chi connectivity index (χ1) is 11.1. The number of nitrogens with zero attached hydrogens (tertiary/aromatic N) is 2. The minimum absolute atomic E-state index is 0.00565. The molecule has 23 heavy (non-hydrogen) atoms. The van der Waals surface area contributed by atoms with Crippen LogP contribution in [0, 0.1) is 0 Å². The number of para-hydroxylation sites is 1. The summed E-state index contributed by atoms with van der Waals surface area (Å²) in [4.78, 5) is 23.8. The molecule has 7 nitrogen and oxygen atoms in total. The number of carboxylic acid groups (broad SMARTS) is 1. The quantitative estimate of drug-likeness (QED) is 0.864. The normalized spacial score (nSPS) is 24.2. The number of anilines is 1. The predicted molar refractivity (Wildman–Crippen MR) is 84.4 cm³/mol. The van der Waals surface area contributed by atoms with Crippen LogP contribution in [0.4, 0.5) is 5.69 Å². The van der Waals surface area contributed by atoms with Gasteiger partial charge >= 0.3 is 5.97 Å². The van der Waals surface area contributed by atoms with Crippen molar-refractivity contribution >= 4 is 23.3 Å². The van der Waals surface area contributed by atoms with Gasteiger partial charge in [-0.15, -0.1) is 0 Å². The minimum Gasteiger partial charge on any atom is -0.477 e. The van der Waals surface area contributed by atoms with Crippen molar-refractivity contribution in [3.63, 3.8) is 0 Å². The molecule has 1 fully saturated rings. The molecule has 2 atom stereocenters. The van der Waals surface area contributed by atoms with Crippen LogP contribution in [0.2, 0.25) is 0 Å². The fourth-order valence-corrected chi connectivity index (χ4v) is 2.81. The zero-order chi connectivity index (χ0) is 16.2. The Hall–Kier alpha value is -2.41. The number of hydrogen-bond acceptors (Lipinski definition) is 5. The van der Waals surface area contributed by atoms with E-state index in [0.717, 1.165) is 19.4 Å². The van der Waals surface area contributed by atoms with Crippen LogP contribution in [0.3, 0.4) is 0 Å². The van der Waals surface area contributed by atoms with Gasteiger partial charge in [-0.2, -0.15) is 5.10 Å². The third kappa shape index (κ3) is 3.50. The van der Waals surface area contributed by atoms with Crippen LogP contribution in [-0.4, -0.2) is 48.0 Å². The van der Waals surface area contributed by atoms with Gasteiger partial charge in [-0.05, 0) is 25.0 Å². The van der Waals surface area contributed by atoms with E-state index < -0.39 is 12.0 Å². The molecule has 2 aliphatic heterocycles. The van der Waals surface area contributed by atoms with Crippen molar-refractivity contribution in [1.82, 2.24) is 5.32 Å². The molecule has 122 valence electrons. The fourth-order valence-electron chi connectivity index (χ4n) is 2.81. The standard InChI is InChI=1S/C16H19N3O4/c20-15(17-11-5-4-8-23-10-11)14-9-13(16(21)22)18-19(14)12-6-2-1-3-7-12/h1-3,6-7,11,14H,4-5,8-10H2,(H,17,20)(H,21,22). The van der Waals surface area contributed by atoms with Gasteiger partial charge < -0.3 is 15.2 Å². The first-order valence-electron chi connectivity index (χ1n) is 7.68. The molecule has 2 heterocycles. The molecular weight excluding hydrogens is 298 g/mol. The molecule has 0 bridgehead atoms. The molecule has 1 amide bonds. The van der Waals surface area contributed by atoms with Gasteiger partial charge in [0.15, 0.2) is 0 Å². The van der Waals surface area contributed by atoms with E-state index in [4.69, 9.17) is 4.74 Å². The van der Waals surface area contributed by atoms with E-state index in [0.29, 0.717) is 12.3 Å². The predicted octanol–water partition coefficient (Wildman–Crippen LogP) is 1.00. The highest BCUT2D eigenvalue weighted by Crippen LogP contribution is 2.25. The Balaban J connectivity index is 1.76. The maximum Gasteiger partial charge on any atom is 0.352 e. The number of carboxylic acids is 1. The van der Waals surface area contributed by atoms with Gasteiger partial charge in [0.2, 0.25) is 5.91 Å². The van der Waals surface area contributed by atoms with E-state index in [1.54, 1.807) is 12.1 Å². The third-order valence-electron chi connectivity index (χ3n) is 3.99. The summed E-state index contributed by atoms with van der Waals surface area (Å²) in [6.45, 7) is 1.22. The van der Waals surface area contributed by atoms with Gasteiger partial charge in [-0.3, -0.25) is 9.80 Å². The number of benzene rings is 1. The van der Waals surface area contributed by atoms with Crippen LogP contribution in [0.1, 0.15) is 19.3 Å². The summed E-state index contributed by atoms with van der Waals surface area (Å²) < 4.78 is 5.37. The average Bonchev–Trinajstić information content (AvgIpc) is 3.02. The Bertz CT molecular complexity index is 611. The Morgan fingerprint density at radius 2 is 2.09 bits per heavy atom. The minimum atomic E-state index is -1.10. The van der Waals surface area contributed by atoms with Crippen LogP contribution in [0.25, 0.3) is 0 Å². The molecule has 0 aromatic heterocycles. The number of carbonyl (C=O) groups excluding carboxylic acids is 1. The SMILES string of the molecule is O=C(O)C1=NN(c2ccccc2)C(C(=O)NC2CCCOC2)C1. The topological polar surface area (TPSA) is 91.2 Å². The zero-order valence-corrected chi connectivity index (χ0v) is 12.6. The lowest BCUT2D eigenvalue weighted by Crippen LogP contribution is -2.49. The lowest BCUT2D eigenvalue weighted by molar-refractivity contribution is -0.129. The van der Waals surface area contributed by atoms with Gasteiger partial charge in [0.05, 0.1) is 18.3 Å². The molecule has 2 aliphatic rings. The molecule has 1 aromatic rings. The summed E-state index contributed by atoms with van der Waals surface area (Å²) >= 11 is 0. The first kappa shape index (κ1) is 15.5.